The molecule has 1 aliphatic heterocycles. The number of nitrogens with zero attached hydrogens (tertiary/aromatic N) is 2. The number of rotatable bonds is 5. The molecule has 3 rings (SSSR count). The summed E-state index contributed by atoms with van der Waals surface area (Å²) in [4.78, 5) is 16.5. The molecular weight excluding hydrogens is 330 g/mol. The van der Waals surface area contributed by atoms with Crippen LogP contribution in [0.25, 0.3) is 17.4 Å². The Labute approximate surface area is 153 Å². The molecule has 0 unspecified atom stereocenters. The summed E-state index contributed by atoms with van der Waals surface area (Å²) >= 11 is 0. The number of hydrogen-bond acceptors (Lipinski definition) is 5. The van der Waals surface area contributed by atoms with Gasteiger partial charge in [-0.15, -0.1) is 0 Å². The van der Waals surface area contributed by atoms with Gasteiger partial charge in [-0.1, -0.05) is 6.92 Å². The lowest BCUT2D eigenvalue weighted by atomic mass is 10.1. The third kappa shape index (κ3) is 4.08. The zero-order chi connectivity index (χ0) is 18.5. The highest BCUT2D eigenvalue weighted by Crippen LogP contribution is 2.33. The monoisotopic (exact) mass is 355 g/mol. The first-order chi connectivity index (χ1) is 12.6. The molecule has 0 spiro atoms. The average molecular weight is 355 g/mol. The van der Waals surface area contributed by atoms with E-state index in [9.17, 15) is 4.79 Å². The fourth-order valence-electron chi connectivity index (χ4n) is 3.05. The number of nitrogens with two attached hydrogens (primary N) is 1. The predicted molar refractivity (Wildman–Crippen MR) is 103 cm³/mol. The van der Waals surface area contributed by atoms with E-state index >= 15 is 0 Å². The first-order valence-corrected chi connectivity index (χ1v) is 8.83. The highest BCUT2D eigenvalue weighted by atomic mass is 16.5. The molecule has 2 heterocycles. The van der Waals surface area contributed by atoms with Crippen LogP contribution >= 0.6 is 0 Å². The van der Waals surface area contributed by atoms with Crippen molar-refractivity contribution in [3.8, 4) is 17.1 Å². The summed E-state index contributed by atoms with van der Waals surface area (Å²) in [5, 5.41) is 0. The molecule has 2 aromatic rings. The average Bonchev–Trinajstić information content (AvgIpc) is 3.15. The van der Waals surface area contributed by atoms with Gasteiger partial charge in [-0.05, 0) is 43.0 Å². The summed E-state index contributed by atoms with van der Waals surface area (Å²) in [7, 11) is 1.61. The summed E-state index contributed by atoms with van der Waals surface area (Å²) in [5.74, 6) is 1.97. The van der Waals surface area contributed by atoms with Gasteiger partial charge in [0.1, 0.15) is 17.3 Å². The topological polar surface area (TPSA) is 71.9 Å². The third-order valence-corrected chi connectivity index (χ3v) is 4.64. The highest BCUT2D eigenvalue weighted by molar-refractivity contribution is 5.91. The van der Waals surface area contributed by atoms with Crippen LogP contribution < -0.4 is 10.5 Å². The van der Waals surface area contributed by atoms with Crippen molar-refractivity contribution in [1.82, 2.24) is 9.80 Å². The number of carbonyl (C=O) groups is 1. The lowest BCUT2D eigenvalue weighted by Crippen LogP contribution is -2.48. The fraction of sp³-hybridized carbons (Fsp3) is 0.350. The molecular formula is C20H25N3O3. The normalized spacial score (nSPS) is 15.5. The van der Waals surface area contributed by atoms with E-state index in [1.54, 1.807) is 25.3 Å². The maximum atomic E-state index is 12.3. The maximum absolute atomic E-state index is 12.3. The van der Waals surface area contributed by atoms with Crippen molar-refractivity contribution in [2.45, 2.75) is 6.92 Å². The number of likely N-dealkylation sites (N-methyl/N-ethyl adjacent to an activating group) is 1. The lowest BCUT2D eigenvalue weighted by molar-refractivity contribution is -0.127. The second-order valence-electron chi connectivity index (χ2n) is 6.25. The molecule has 1 aromatic carbocycles. The fourth-order valence-corrected chi connectivity index (χ4v) is 3.05. The number of benzene rings is 1. The van der Waals surface area contributed by atoms with Crippen LogP contribution in [0.2, 0.25) is 0 Å². The quantitative estimate of drug-likeness (QED) is 0.659. The standard InChI is InChI=1S/C20H25N3O3/c1-3-22-10-12-23(13-11-22)20(24)9-6-16-5-8-19(26-16)17-14-15(21)4-7-18(17)25-2/h4-9,14H,3,10-13,21H2,1-2H3/b9-6+. The molecule has 1 amide bonds. The van der Waals surface area contributed by atoms with Crippen LogP contribution in [-0.2, 0) is 4.79 Å². The SMILES string of the molecule is CCN1CCN(C(=O)/C=C/c2ccc(-c3cc(N)ccc3OC)o2)CC1. The molecule has 0 bridgehead atoms. The molecule has 26 heavy (non-hydrogen) atoms. The van der Waals surface area contributed by atoms with Crippen LogP contribution in [-0.4, -0.2) is 55.5 Å². The number of anilines is 1. The summed E-state index contributed by atoms with van der Waals surface area (Å²) in [6, 6.07) is 9.08. The predicted octanol–water partition coefficient (Wildman–Crippen LogP) is 2.71. The van der Waals surface area contributed by atoms with Crippen LogP contribution in [0.5, 0.6) is 5.75 Å². The Bertz CT molecular complexity index is 789. The van der Waals surface area contributed by atoms with E-state index in [0.29, 0.717) is 23.0 Å². The van der Waals surface area contributed by atoms with E-state index in [0.717, 1.165) is 38.3 Å². The van der Waals surface area contributed by atoms with Gasteiger partial charge in [0.25, 0.3) is 0 Å². The van der Waals surface area contributed by atoms with E-state index in [4.69, 9.17) is 14.9 Å². The van der Waals surface area contributed by atoms with Gasteiger partial charge in [0, 0.05) is 37.9 Å². The molecule has 0 saturated carbocycles. The van der Waals surface area contributed by atoms with Gasteiger partial charge in [0.15, 0.2) is 0 Å². The van der Waals surface area contributed by atoms with Gasteiger partial charge in [-0.2, -0.15) is 0 Å². The molecule has 1 aliphatic rings. The van der Waals surface area contributed by atoms with Crippen LogP contribution in [0.15, 0.2) is 40.8 Å². The Morgan fingerprint density at radius 2 is 2.00 bits per heavy atom. The Morgan fingerprint density at radius 3 is 2.69 bits per heavy atom. The van der Waals surface area contributed by atoms with Crippen molar-refractivity contribution in [2.24, 2.45) is 0 Å². The van der Waals surface area contributed by atoms with Crippen LogP contribution in [0.4, 0.5) is 5.69 Å². The van der Waals surface area contributed by atoms with Gasteiger partial charge in [0.2, 0.25) is 5.91 Å². The summed E-state index contributed by atoms with van der Waals surface area (Å²) in [6.45, 7) is 6.55. The molecule has 138 valence electrons. The van der Waals surface area contributed by atoms with Crippen molar-refractivity contribution in [3.63, 3.8) is 0 Å². The van der Waals surface area contributed by atoms with E-state index < -0.39 is 0 Å². The third-order valence-electron chi connectivity index (χ3n) is 4.64. The van der Waals surface area contributed by atoms with Gasteiger partial charge in [-0.25, -0.2) is 0 Å². The van der Waals surface area contributed by atoms with Crippen molar-refractivity contribution in [1.29, 1.82) is 0 Å². The molecule has 0 radical (unpaired) electrons. The van der Waals surface area contributed by atoms with Crippen molar-refractivity contribution < 1.29 is 13.9 Å². The van der Waals surface area contributed by atoms with Crippen LogP contribution in [0, 0.1) is 0 Å². The minimum Gasteiger partial charge on any atom is -0.496 e. The zero-order valence-electron chi connectivity index (χ0n) is 15.3. The largest absolute Gasteiger partial charge is 0.496 e. The summed E-state index contributed by atoms with van der Waals surface area (Å²) in [5.41, 5.74) is 7.28. The lowest BCUT2D eigenvalue weighted by Gasteiger charge is -2.33. The van der Waals surface area contributed by atoms with Gasteiger partial charge >= 0.3 is 0 Å². The second-order valence-corrected chi connectivity index (χ2v) is 6.25. The zero-order valence-corrected chi connectivity index (χ0v) is 15.3. The van der Waals surface area contributed by atoms with E-state index in [2.05, 4.69) is 11.8 Å². The van der Waals surface area contributed by atoms with Crippen LogP contribution in [0.3, 0.4) is 0 Å². The molecule has 1 saturated heterocycles. The number of carbonyl (C=O) groups excluding carboxylic acids is 1. The van der Waals surface area contributed by atoms with Crippen molar-refractivity contribution >= 4 is 17.7 Å². The van der Waals surface area contributed by atoms with Crippen LogP contribution in [0.1, 0.15) is 12.7 Å². The van der Waals surface area contributed by atoms with E-state index in [1.165, 1.54) is 0 Å². The molecule has 1 fully saturated rings. The van der Waals surface area contributed by atoms with Gasteiger partial charge in [-0.3, -0.25) is 4.79 Å². The highest BCUT2D eigenvalue weighted by Gasteiger charge is 2.18. The number of piperazine rings is 1. The summed E-state index contributed by atoms with van der Waals surface area (Å²) < 4.78 is 11.2. The molecule has 2 N–H and O–H groups in total. The summed E-state index contributed by atoms with van der Waals surface area (Å²) in [6.07, 6.45) is 3.28. The van der Waals surface area contributed by atoms with Gasteiger partial charge < -0.3 is 24.7 Å². The second kappa shape index (κ2) is 8.10. The number of hydrogen-bond donors (Lipinski definition) is 1. The molecule has 0 atom stereocenters. The Kier molecular flexibility index (Phi) is 5.63. The Hall–Kier alpha value is -2.73. The number of methoxy groups -OCH3 is 1. The molecule has 0 aliphatic carbocycles. The van der Waals surface area contributed by atoms with Crippen molar-refractivity contribution in [3.05, 3.63) is 42.2 Å². The Morgan fingerprint density at radius 1 is 1.23 bits per heavy atom. The molecule has 1 aromatic heterocycles. The van der Waals surface area contributed by atoms with Crippen molar-refractivity contribution in [2.75, 3.05) is 45.6 Å². The maximum Gasteiger partial charge on any atom is 0.246 e. The molecule has 6 nitrogen and oxygen atoms in total. The van der Waals surface area contributed by atoms with E-state index in [1.807, 2.05) is 29.2 Å². The Balaban J connectivity index is 1.68. The first-order valence-electron chi connectivity index (χ1n) is 8.83. The number of amides is 1. The minimum absolute atomic E-state index is 0.0141. The minimum atomic E-state index is 0.0141. The smallest absolute Gasteiger partial charge is 0.246 e. The number of furan rings is 1. The molecule has 6 heteroatoms. The number of nitrogen functional groups attached to an aromatic ring is 1. The van der Waals surface area contributed by atoms with Gasteiger partial charge in [0.05, 0.1) is 12.7 Å². The van der Waals surface area contributed by atoms with E-state index in [-0.39, 0.29) is 5.91 Å². The first kappa shape index (κ1) is 18.1. The number of ether oxygens (including phenoxy) is 1.